The molecule has 1 unspecified atom stereocenters. The molecule has 0 spiro atoms. The van der Waals surface area contributed by atoms with Crippen LogP contribution in [0.1, 0.15) is 18.0 Å². The number of nitrogens with zero attached hydrogens (tertiary/aromatic N) is 1. The van der Waals surface area contributed by atoms with Crippen LogP contribution in [0.2, 0.25) is 0 Å². The third-order valence-electron chi connectivity index (χ3n) is 3.48. The van der Waals surface area contributed by atoms with Gasteiger partial charge in [-0.15, -0.1) is 0 Å². The Balaban J connectivity index is 1.93. The highest BCUT2D eigenvalue weighted by Crippen LogP contribution is 2.15. The Morgan fingerprint density at radius 1 is 1.30 bits per heavy atom. The van der Waals surface area contributed by atoms with Crippen LogP contribution in [0.3, 0.4) is 0 Å². The molecule has 1 aliphatic rings. The highest BCUT2D eigenvalue weighted by atomic mass is 16.5. The number of carbonyl (C=O) groups is 1. The van der Waals surface area contributed by atoms with Gasteiger partial charge in [0.25, 0.3) is 0 Å². The third-order valence-corrected chi connectivity index (χ3v) is 3.48. The topological polar surface area (TPSA) is 61.8 Å². The Morgan fingerprint density at radius 3 is 2.65 bits per heavy atom. The summed E-state index contributed by atoms with van der Waals surface area (Å²) in [5.41, 5.74) is 1.20. The Bertz CT molecular complexity index is 405. The van der Waals surface area contributed by atoms with Crippen molar-refractivity contribution in [1.29, 1.82) is 0 Å². The van der Waals surface area contributed by atoms with E-state index in [0.29, 0.717) is 6.54 Å². The maximum atomic E-state index is 10.6. The van der Waals surface area contributed by atoms with Gasteiger partial charge in [0.15, 0.2) is 0 Å². The fourth-order valence-electron chi connectivity index (χ4n) is 2.37. The largest absolute Gasteiger partial charge is 0.481 e. The van der Waals surface area contributed by atoms with E-state index >= 15 is 0 Å². The molecule has 0 aliphatic carbocycles. The molecule has 1 aliphatic heterocycles. The predicted molar refractivity (Wildman–Crippen MR) is 76.7 cm³/mol. The first-order valence-corrected chi connectivity index (χ1v) is 7.06. The SMILES string of the molecule is O=C(O)CCNC(CN1CCOCC1)c1ccccc1. The molecule has 1 saturated heterocycles. The van der Waals surface area contributed by atoms with Crippen LogP contribution in [-0.2, 0) is 9.53 Å². The average molecular weight is 278 g/mol. The van der Waals surface area contributed by atoms with Crippen molar-refractivity contribution in [1.82, 2.24) is 10.2 Å². The maximum Gasteiger partial charge on any atom is 0.304 e. The number of hydrogen-bond donors (Lipinski definition) is 2. The molecule has 0 bridgehead atoms. The molecule has 110 valence electrons. The summed E-state index contributed by atoms with van der Waals surface area (Å²) >= 11 is 0. The van der Waals surface area contributed by atoms with Crippen LogP contribution < -0.4 is 5.32 Å². The third kappa shape index (κ3) is 4.92. The van der Waals surface area contributed by atoms with Crippen LogP contribution in [0.25, 0.3) is 0 Å². The lowest BCUT2D eigenvalue weighted by Gasteiger charge is -2.31. The first-order chi connectivity index (χ1) is 9.75. The molecule has 0 radical (unpaired) electrons. The van der Waals surface area contributed by atoms with E-state index in [-0.39, 0.29) is 12.5 Å². The zero-order valence-electron chi connectivity index (χ0n) is 11.6. The molecule has 0 saturated carbocycles. The molecule has 20 heavy (non-hydrogen) atoms. The maximum absolute atomic E-state index is 10.6. The second kappa shape index (κ2) is 7.99. The molecule has 1 atom stereocenters. The molecule has 5 nitrogen and oxygen atoms in total. The Labute approximate surface area is 119 Å². The van der Waals surface area contributed by atoms with Gasteiger partial charge in [0, 0.05) is 32.2 Å². The van der Waals surface area contributed by atoms with Crippen LogP contribution in [-0.4, -0.2) is 55.4 Å². The van der Waals surface area contributed by atoms with Gasteiger partial charge in [-0.2, -0.15) is 0 Å². The number of aliphatic carboxylic acids is 1. The van der Waals surface area contributed by atoms with Crippen molar-refractivity contribution in [2.75, 3.05) is 39.4 Å². The molecular formula is C15H22N2O3. The molecule has 0 amide bonds. The Morgan fingerprint density at radius 2 is 2.00 bits per heavy atom. The lowest BCUT2D eigenvalue weighted by Crippen LogP contribution is -2.42. The van der Waals surface area contributed by atoms with Gasteiger partial charge in [0.2, 0.25) is 0 Å². The van der Waals surface area contributed by atoms with Crippen LogP contribution >= 0.6 is 0 Å². The quantitative estimate of drug-likeness (QED) is 0.783. The van der Waals surface area contributed by atoms with Gasteiger partial charge < -0.3 is 15.2 Å². The summed E-state index contributed by atoms with van der Waals surface area (Å²) in [7, 11) is 0. The van der Waals surface area contributed by atoms with Crippen molar-refractivity contribution in [3.63, 3.8) is 0 Å². The standard InChI is InChI=1S/C15H22N2O3/c18-15(19)6-7-16-14(13-4-2-1-3-5-13)12-17-8-10-20-11-9-17/h1-5,14,16H,6-12H2,(H,18,19). The van der Waals surface area contributed by atoms with E-state index in [1.54, 1.807) is 0 Å². The highest BCUT2D eigenvalue weighted by Gasteiger charge is 2.17. The number of hydrogen-bond acceptors (Lipinski definition) is 4. The van der Waals surface area contributed by atoms with E-state index in [9.17, 15) is 4.79 Å². The Kier molecular flexibility index (Phi) is 5.98. The van der Waals surface area contributed by atoms with E-state index in [4.69, 9.17) is 9.84 Å². The number of rotatable bonds is 7. The zero-order chi connectivity index (χ0) is 14.2. The second-order valence-corrected chi connectivity index (χ2v) is 4.97. The molecule has 1 aromatic rings. The normalized spacial score (nSPS) is 17.8. The fraction of sp³-hybridized carbons (Fsp3) is 0.533. The van der Waals surface area contributed by atoms with Crippen molar-refractivity contribution in [3.05, 3.63) is 35.9 Å². The van der Waals surface area contributed by atoms with Gasteiger partial charge in [-0.25, -0.2) is 0 Å². The van der Waals surface area contributed by atoms with E-state index < -0.39 is 5.97 Å². The summed E-state index contributed by atoms with van der Waals surface area (Å²) in [6, 6.07) is 10.3. The summed E-state index contributed by atoms with van der Waals surface area (Å²) in [6.45, 7) is 4.79. The summed E-state index contributed by atoms with van der Waals surface area (Å²) in [5.74, 6) is -0.768. The monoisotopic (exact) mass is 278 g/mol. The number of benzene rings is 1. The molecule has 0 aromatic heterocycles. The molecular weight excluding hydrogens is 256 g/mol. The van der Waals surface area contributed by atoms with Gasteiger partial charge >= 0.3 is 5.97 Å². The van der Waals surface area contributed by atoms with E-state index in [1.807, 2.05) is 18.2 Å². The minimum Gasteiger partial charge on any atom is -0.481 e. The van der Waals surface area contributed by atoms with Crippen LogP contribution in [0.15, 0.2) is 30.3 Å². The highest BCUT2D eigenvalue weighted by molar-refractivity contribution is 5.66. The van der Waals surface area contributed by atoms with Crippen molar-refractivity contribution in [2.45, 2.75) is 12.5 Å². The van der Waals surface area contributed by atoms with Crippen molar-refractivity contribution >= 4 is 5.97 Å². The smallest absolute Gasteiger partial charge is 0.304 e. The van der Waals surface area contributed by atoms with Gasteiger partial charge in [0.05, 0.1) is 19.6 Å². The zero-order valence-corrected chi connectivity index (χ0v) is 11.6. The van der Waals surface area contributed by atoms with Crippen molar-refractivity contribution in [2.24, 2.45) is 0 Å². The first kappa shape index (κ1) is 15.0. The number of nitrogens with one attached hydrogen (secondary N) is 1. The molecule has 1 aromatic carbocycles. The molecule has 5 heteroatoms. The molecule has 2 rings (SSSR count). The Hall–Kier alpha value is -1.43. The summed E-state index contributed by atoms with van der Waals surface area (Å²) in [6.07, 6.45) is 0.145. The van der Waals surface area contributed by atoms with Gasteiger partial charge in [-0.05, 0) is 5.56 Å². The number of carboxylic acid groups (broad SMARTS) is 1. The van der Waals surface area contributed by atoms with Crippen LogP contribution in [0.5, 0.6) is 0 Å². The molecule has 1 fully saturated rings. The predicted octanol–water partition coefficient (Wildman–Crippen LogP) is 1.12. The minimum absolute atomic E-state index is 0.145. The van der Waals surface area contributed by atoms with Crippen molar-refractivity contribution in [3.8, 4) is 0 Å². The van der Waals surface area contributed by atoms with Gasteiger partial charge in [0.1, 0.15) is 0 Å². The van der Waals surface area contributed by atoms with E-state index in [1.165, 1.54) is 5.56 Å². The minimum atomic E-state index is -0.768. The van der Waals surface area contributed by atoms with Gasteiger partial charge in [-0.1, -0.05) is 30.3 Å². The van der Waals surface area contributed by atoms with E-state index in [0.717, 1.165) is 32.8 Å². The molecule has 1 heterocycles. The lowest BCUT2D eigenvalue weighted by atomic mass is 10.1. The summed E-state index contributed by atoms with van der Waals surface area (Å²) < 4.78 is 5.36. The number of morpholine rings is 1. The summed E-state index contributed by atoms with van der Waals surface area (Å²) in [4.78, 5) is 13.0. The average Bonchev–Trinajstić information content (AvgIpc) is 2.48. The number of carboxylic acids is 1. The first-order valence-electron chi connectivity index (χ1n) is 7.06. The van der Waals surface area contributed by atoms with Crippen LogP contribution in [0, 0.1) is 0 Å². The van der Waals surface area contributed by atoms with Crippen LogP contribution in [0.4, 0.5) is 0 Å². The fourth-order valence-corrected chi connectivity index (χ4v) is 2.37. The second-order valence-electron chi connectivity index (χ2n) is 4.97. The number of ether oxygens (including phenoxy) is 1. The van der Waals surface area contributed by atoms with E-state index in [2.05, 4.69) is 22.3 Å². The van der Waals surface area contributed by atoms with Gasteiger partial charge in [-0.3, -0.25) is 9.69 Å². The summed E-state index contributed by atoms with van der Waals surface area (Å²) in [5, 5.41) is 12.1. The molecule has 2 N–H and O–H groups in total. The lowest BCUT2D eigenvalue weighted by molar-refractivity contribution is -0.136. The van der Waals surface area contributed by atoms with Crippen molar-refractivity contribution < 1.29 is 14.6 Å².